The highest BCUT2D eigenvalue weighted by molar-refractivity contribution is 6.05. The number of nitrogens with two attached hydrogens (primary N) is 1. The minimum atomic E-state index is -0.669. The predicted molar refractivity (Wildman–Crippen MR) is 69.9 cm³/mol. The van der Waals surface area contributed by atoms with Gasteiger partial charge in [0, 0.05) is 11.3 Å². The first-order valence-corrected chi connectivity index (χ1v) is 5.47. The van der Waals surface area contributed by atoms with Crippen LogP contribution in [0.1, 0.15) is 15.9 Å². The number of benzene rings is 2. The molecule has 2 aromatic rings. The summed E-state index contributed by atoms with van der Waals surface area (Å²) in [5.74, 6) is -1.10. The number of hydrogen-bond donors (Lipinski definition) is 2. The van der Waals surface area contributed by atoms with Gasteiger partial charge >= 0.3 is 0 Å². The van der Waals surface area contributed by atoms with Crippen LogP contribution in [0.2, 0.25) is 0 Å². The smallest absolute Gasteiger partial charge is 0.255 e. The van der Waals surface area contributed by atoms with E-state index in [4.69, 9.17) is 11.0 Å². The molecule has 0 fully saturated rings. The molecule has 3 N–H and O–H groups in total. The molecule has 0 bridgehead atoms. The van der Waals surface area contributed by atoms with Gasteiger partial charge in [0.05, 0.1) is 5.69 Å². The number of nitrogens with one attached hydrogen (secondary N) is 1. The molecular weight excluding hydrogens is 245 g/mol. The van der Waals surface area contributed by atoms with Crippen LogP contribution in [-0.2, 0) is 0 Å². The lowest BCUT2D eigenvalue weighted by molar-refractivity contribution is 0.102. The molecule has 94 valence electrons. The Morgan fingerprint density at radius 3 is 2.53 bits per heavy atom. The van der Waals surface area contributed by atoms with Gasteiger partial charge in [0.25, 0.3) is 5.91 Å². The molecule has 0 aliphatic carbocycles. The van der Waals surface area contributed by atoms with Gasteiger partial charge in [-0.15, -0.1) is 0 Å². The molecular formula is C14H10FN3O. The Kier molecular flexibility index (Phi) is 3.44. The van der Waals surface area contributed by atoms with Gasteiger partial charge in [0.2, 0.25) is 0 Å². The minimum absolute atomic E-state index is 0.143. The van der Waals surface area contributed by atoms with Crippen molar-refractivity contribution in [2.75, 3.05) is 11.1 Å². The second-order valence-electron chi connectivity index (χ2n) is 3.85. The summed E-state index contributed by atoms with van der Waals surface area (Å²) in [5.41, 5.74) is 6.39. The zero-order valence-corrected chi connectivity index (χ0v) is 9.85. The van der Waals surface area contributed by atoms with Crippen LogP contribution in [0.5, 0.6) is 0 Å². The molecule has 5 heteroatoms. The molecule has 0 aliphatic rings. The molecule has 0 aliphatic heterocycles. The van der Waals surface area contributed by atoms with Crippen molar-refractivity contribution in [3.8, 4) is 6.07 Å². The van der Waals surface area contributed by atoms with Gasteiger partial charge in [-0.05, 0) is 36.4 Å². The van der Waals surface area contributed by atoms with Crippen molar-refractivity contribution in [3.05, 3.63) is 59.4 Å². The Morgan fingerprint density at radius 2 is 1.89 bits per heavy atom. The summed E-state index contributed by atoms with van der Waals surface area (Å²) in [4.78, 5) is 11.9. The van der Waals surface area contributed by atoms with Crippen LogP contribution in [0, 0.1) is 17.1 Å². The van der Waals surface area contributed by atoms with E-state index in [1.54, 1.807) is 30.3 Å². The monoisotopic (exact) mass is 255 g/mol. The molecule has 2 rings (SSSR count). The van der Waals surface area contributed by atoms with Crippen molar-refractivity contribution < 1.29 is 9.18 Å². The normalized spacial score (nSPS) is 9.68. The average Bonchev–Trinajstić information content (AvgIpc) is 2.39. The van der Waals surface area contributed by atoms with Crippen LogP contribution in [0.25, 0.3) is 0 Å². The molecule has 0 radical (unpaired) electrons. The number of amides is 1. The first-order valence-electron chi connectivity index (χ1n) is 5.47. The molecule has 0 aromatic heterocycles. The largest absolute Gasteiger partial charge is 0.399 e. The Labute approximate surface area is 109 Å². The summed E-state index contributed by atoms with van der Waals surface area (Å²) in [5, 5.41) is 11.4. The lowest BCUT2D eigenvalue weighted by Gasteiger charge is -2.07. The van der Waals surface area contributed by atoms with Gasteiger partial charge in [-0.25, -0.2) is 4.39 Å². The van der Waals surface area contributed by atoms with Crippen molar-refractivity contribution in [3.63, 3.8) is 0 Å². The number of nitriles is 1. The van der Waals surface area contributed by atoms with Crippen molar-refractivity contribution in [2.24, 2.45) is 0 Å². The number of carbonyl (C=O) groups excluding carboxylic acids is 1. The van der Waals surface area contributed by atoms with E-state index in [9.17, 15) is 9.18 Å². The van der Waals surface area contributed by atoms with Crippen molar-refractivity contribution in [2.45, 2.75) is 0 Å². The second-order valence-corrected chi connectivity index (χ2v) is 3.85. The van der Waals surface area contributed by atoms with Gasteiger partial charge in [-0.2, -0.15) is 5.26 Å². The summed E-state index contributed by atoms with van der Waals surface area (Å²) in [6, 6.07) is 12.1. The number of rotatable bonds is 2. The van der Waals surface area contributed by atoms with Crippen molar-refractivity contribution >= 4 is 17.3 Å². The maximum absolute atomic E-state index is 13.4. The lowest BCUT2D eigenvalue weighted by atomic mass is 10.1. The summed E-state index contributed by atoms with van der Waals surface area (Å²) in [7, 11) is 0. The van der Waals surface area contributed by atoms with Crippen molar-refractivity contribution in [1.29, 1.82) is 5.26 Å². The Hall–Kier alpha value is -2.87. The molecule has 1 amide bonds. The Morgan fingerprint density at radius 1 is 1.21 bits per heavy atom. The van der Waals surface area contributed by atoms with E-state index in [1.165, 1.54) is 12.1 Å². The second kappa shape index (κ2) is 5.19. The van der Waals surface area contributed by atoms with Crippen LogP contribution in [0.4, 0.5) is 15.8 Å². The molecule has 0 spiro atoms. The zero-order valence-electron chi connectivity index (χ0n) is 9.85. The van der Waals surface area contributed by atoms with E-state index < -0.39 is 11.7 Å². The molecule has 0 saturated carbocycles. The van der Waals surface area contributed by atoms with Crippen LogP contribution < -0.4 is 11.1 Å². The third kappa shape index (κ3) is 2.69. The highest BCUT2D eigenvalue weighted by Gasteiger charge is 2.11. The molecule has 0 atom stereocenters. The third-order valence-electron chi connectivity index (χ3n) is 2.55. The third-order valence-corrected chi connectivity index (χ3v) is 2.55. The zero-order chi connectivity index (χ0) is 13.8. The SMILES string of the molecule is N#Cc1c(F)cccc1NC(=O)c1ccc(N)cc1. The van der Waals surface area contributed by atoms with E-state index in [-0.39, 0.29) is 11.3 Å². The van der Waals surface area contributed by atoms with E-state index in [2.05, 4.69) is 5.32 Å². The predicted octanol–water partition coefficient (Wildman–Crippen LogP) is 2.53. The topological polar surface area (TPSA) is 78.9 Å². The van der Waals surface area contributed by atoms with E-state index >= 15 is 0 Å². The molecule has 2 aromatic carbocycles. The summed E-state index contributed by atoms with van der Waals surface area (Å²) in [6.45, 7) is 0. The lowest BCUT2D eigenvalue weighted by Crippen LogP contribution is -2.13. The Bertz CT molecular complexity index is 659. The fraction of sp³-hybridized carbons (Fsp3) is 0. The van der Waals surface area contributed by atoms with Crippen LogP contribution in [-0.4, -0.2) is 5.91 Å². The van der Waals surface area contributed by atoms with Gasteiger partial charge in [0.1, 0.15) is 17.4 Å². The number of nitrogen functional groups attached to an aromatic ring is 1. The molecule has 19 heavy (non-hydrogen) atoms. The van der Waals surface area contributed by atoms with Gasteiger partial charge in [-0.3, -0.25) is 4.79 Å². The van der Waals surface area contributed by atoms with Crippen LogP contribution >= 0.6 is 0 Å². The fourth-order valence-electron chi connectivity index (χ4n) is 1.57. The summed E-state index contributed by atoms with van der Waals surface area (Å²) in [6.07, 6.45) is 0. The first-order chi connectivity index (χ1) is 9.11. The van der Waals surface area contributed by atoms with E-state index in [0.29, 0.717) is 11.3 Å². The van der Waals surface area contributed by atoms with Gasteiger partial charge in [-0.1, -0.05) is 6.07 Å². The van der Waals surface area contributed by atoms with Gasteiger partial charge in [0.15, 0.2) is 0 Å². The molecule has 0 heterocycles. The standard InChI is InChI=1S/C14H10FN3O/c15-12-2-1-3-13(11(12)8-16)18-14(19)9-4-6-10(17)7-5-9/h1-7H,17H2,(H,18,19). The number of hydrogen-bond acceptors (Lipinski definition) is 3. The highest BCUT2D eigenvalue weighted by Crippen LogP contribution is 2.18. The summed E-state index contributed by atoms with van der Waals surface area (Å²) >= 11 is 0. The summed E-state index contributed by atoms with van der Waals surface area (Å²) < 4.78 is 13.4. The first kappa shape index (κ1) is 12.6. The molecule has 0 unspecified atom stereocenters. The Balaban J connectivity index is 2.27. The maximum Gasteiger partial charge on any atom is 0.255 e. The maximum atomic E-state index is 13.4. The molecule has 4 nitrogen and oxygen atoms in total. The quantitative estimate of drug-likeness (QED) is 0.809. The average molecular weight is 255 g/mol. The van der Waals surface area contributed by atoms with Crippen LogP contribution in [0.15, 0.2) is 42.5 Å². The number of nitrogens with zero attached hydrogens (tertiary/aromatic N) is 1. The van der Waals surface area contributed by atoms with E-state index in [1.807, 2.05) is 0 Å². The number of anilines is 2. The van der Waals surface area contributed by atoms with E-state index in [0.717, 1.165) is 6.07 Å². The van der Waals surface area contributed by atoms with Crippen LogP contribution in [0.3, 0.4) is 0 Å². The number of halogens is 1. The van der Waals surface area contributed by atoms with Crippen molar-refractivity contribution in [1.82, 2.24) is 0 Å². The highest BCUT2D eigenvalue weighted by atomic mass is 19.1. The molecule has 0 saturated heterocycles. The minimum Gasteiger partial charge on any atom is -0.399 e. The fourth-order valence-corrected chi connectivity index (χ4v) is 1.57. The van der Waals surface area contributed by atoms with Gasteiger partial charge < -0.3 is 11.1 Å². The number of carbonyl (C=O) groups is 1.